The standard InChI is InChI=1S/C20H33FN4.HI/c1-4-22-20(23-11-5-6-12-25-13-7-8-14-25)24-17(3)18-10-9-16(2)19(21)15-18;/h9-10,15,17H,4-8,11-14H2,1-3H3,(H2,22,23,24);1H. The van der Waals surface area contributed by atoms with E-state index in [4.69, 9.17) is 0 Å². The molecule has 0 bridgehead atoms. The molecule has 1 aromatic rings. The second-order valence-corrected chi connectivity index (χ2v) is 6.89. The van der Waals surface area contributed by atoms with Crippen molar-refractivity contribution in [1.29, 1.82) is 0 Å². The van der Waals surface area contributed by atoms with Gasteiger partial charge in [-0.1, -0.05) is 12.1 Å². The lowest BCUT2D eigenvalue weighted by atomic mass is 10.1. The number of likely N-dealkylation sites (tertiary alicyclic amines) is 1. The molecule has 0 aromatic heterocycles. The molecule has 148 valence electrons. The first-order valence-corrected chi connectivity index (χ1v) is 9.63. The normalized spacial score (nSPS) is 16.2. The van der Waals surface area contributed by atoms with Crippen LogP contribution in [0.1, 0.15) is 56.7 Å². The van der Waals surface area contributed by atoms with E-state index in [1.165, 1.54) is 38.9 Å². The Morgan fingerprint density at radius 3 is 2.65 bits per heavy atom. The first kappa shape index (κ1) is 23.1. The largest absolute Gasteiger partial charge is 0.357 e. The minimum atomic E-state index is -0.157. The molecule has 1 fully saturated rings. The fraction of sp³-hybridized carbons (Fsp3) is 0.650. The molecule has 0 aliphatic carbocycles. The molecule has 1 atom stereocenters. The van der Waals surface area contributed by atoms with Gasteiger partial charge in [0.25, 0.3) is 0 Å². The van der Waals surface area contributed by atoms with Crippen LogP contribution in [0.5, 0.6) is 0 Å². The van der Waals surface area contributed by atoms with E-state index in [-0.39, 0.29) is 35.8 Å². The summed E-state index contributed by atoms with van der Waals surface area (Å²) >= 11 is 0. The van der Waals surface area contributed by atoms with Crippen molar-refractivity contribution in [3.05, 3.63) is 35.1 Å². The van der Waals surface area contributed by atoms with E-state index >= 15 is 0 Å². The maximum Gasteiger partial charge on any atom is 0.191 e. The Kier molecular flexibility index (Phi) is 11.1. The molecule has 2 rings (SSSR count). The Balaban J connectivity index is 0.00000338. The molecule has 0 radical (unpaired) electrons. The van der Waals surface area contributed by atoms with Gasteiger partial charge in [-0.05, 0) is 83.3 Å². The van der Waals surface area contributed by atoms with Gasteiger partial charge in [-0.25, -0.2) is 4.39 Å². The molecular weight excluding hydrogens is 442 g/mol. The Morgan fingerprint density at radius 2 is 2.00 bits per heavy atom. The van der Waals surface area contributed by atoms with Gasteiger partial charge in [0.1, 0.15) is 5.82 Å². The second kappa shape index (κ2) is 12.5. The number of nitrogens with zero attached hydrogens (tertiary/aromatic N) is 2. The number of guanidine groups is 1. The Hall–Kier alpha value is -0.890. The third-order valence-electron chi connectivity index (χ3n) is 4.74. The quantitative estimate of drug-likeness (QED) is 0.255. The van der Waals surface area contributed by atoms with E-state index in [2.05, 4.69) is 27.4 Å². The monoisotopic (exact) mass is 476 g/mol. The second-order valence-electron chi connectivity index (χ2n) is 6.89. The van der Waals surface area contributed by atoms with Gasteiger partial charge in [0.15, 0.2) is 5.96 Å². The average Bonchev–Trinajstić information content (AvgIpc) is 3.10. The molecule has 1 aliphatic heterocycles. The van der Waals surface area contributed by atoms with E-state index in [1.54, 1.807) is 13.0 Å². The van der Waals surface area contributed by atoms with Crippen LogP contribution in [0.15, 0.2) is 23.2 Å². The highest BCUT2D eigenvalue weighted by Gasteiger charge is 2.11. The molecule has 0 amide bonds. The lowest BCUT2D eigenvalue weighted by Gasteiger charge is -2.19. The summed E-state index contributed by atoms with van der Waals surface area (Å²) in [6, 6.07) is 5.41. The maximum absolute atomic E-state index is 13.8. The van der Waals surface area contributed by atoms with Gasteiger partial charge in [0, 0.05) is 13.1 Å². The van der Waals surface area contributed by atoms with Crippen LogP contribution in [0, 0.1) is 12.7 Å². The summed E-state index contributed by atoms with van der Waals surface area (Å²) in [7, 11) is 0. The summed E-state index contributed by atoms with van der Waals surface area (Å²) in [6.07, 6.45) is 5.00. The molecule has 4 nitrogen and oxygen atoms in total. The predicted octanol–water partition coefficient (Wildman–Crippen LogP) is 4.24. The highest BCUT2D eigenvalue weighted by Crippen LogP contribution is 2.16. The molecule has 1 unspecified atom stereocenters. The predicted molar refractivity (Wildman–Crippen MR) is 119 cm³/mol. The highest BCUT2D eigenvalue weighted by atomic mass is 127. The number of rotatable bonds is 8. The molecule has 1 saturated heterocycles. The van der Waals surface area contributed by atoms with E-state index < -0.39 is 0 Å². The van der Waals surface area contributed by atoms with Crippen molar-refractivity contribution in [1.82, 2.24) is 15.5 Å². The molecule has 2 N–H and O–H groups in total. The highest BCUT2D eigenvalue weighted by molar-refractivity contribution is 14.0. The van der Waals surface area contributed by atoms with Crippen molar-refractivity contribution in [2.45, 2.75) is 52.5 Å². The minimum Gasteiger partial charge on any atom is -0.357 e. The average molecular weight is 476 g/mol. The summed E-state index contributed by atoms with van der Waals surface area (Å²) in [5.74, 6) is 0.646. The molecule has 26 heavy (non-hydrogen) atoms. The zero-order chi connectivity index (χ0) is 18.1. The van der Waals surface area contributed by atoms with Crippen molar-refractivity contribution in [3.63, 3.8) is 0 Å². The van der Waals surface area contributed by atoms with Crippen molar-refractivity contribution in [2.75, 3.05) is 32.7 Å². The molecule has 1 aromatic carbocycles. The summed E-state index contributed by atoms with van der Waals surface area (Å²) in [4.78, 5) is 7.21. The van der Waals surface area contributed by atoms with Gasteiger partial charge in [-0.2, -0.15) is 0 Å². The van der Waals surface area contributed by atoms with Crippen LogP contribution in [-0.4, -0.2) is 43.6 Å². The van der Waals surface area contributed by atoms with Crippen LogP contribution in [0.4, 0.5) is 4.39 Å². The zero-order valence-corrected chi connectivity index (χ0v) is 18.7. The van der Waals surface area contributed by atoms with Gasteiger partial charge < -0.3 is 15.5 Å². The van der Waals surface area contributed by atoms with Gasteiger partial charge in [0.2, 0.25) is 0 Å². The fourth-order valence-electron chi connectivity index (χ4n) is 3.13. The smallest absolute Gasteiger partial charge is 0.191 e. The Labute approximate surface area is 175 Å². The molecule has 0 spiro atoms. The molecule has 1 aliphatic rings. The van der Waals surface area contributed by atoms with Crippen LogP contribution in [0.25, 0.3) is 0 Å². The lowest BCUT2D eigenvalue weighted by molar-refractivity contribution is 0.331. The number of benzene rings is 1. The molecular formula is C20H34FIN4. The zero-order valence-electron chi connectivity index (χ0n) is 16.4. The molecule has 0 saturated carbocycles. The van der Waals surface area contributed by atoms with Crippen LogP contribution < -0.4 is 10.6 Å². The van der Waals surface area contributed by atoms with Crippen molar-refractivity contribution in [3.8, 4) is 0 Å². The van der Waals surface area contributed by atoms with Crippen molar-refractivity contribution in [2.24, 2.45) is 4.99 Å². The first-order chi connectivity index (χ1) is 12.1. The third-order valence-corrected chi connectivity index (χ3v) is 4.74. The minimum absolute atomic E-state index is 0. The van der Waals surface area contributed by atoms with Crippen LogP contribution in [0.2, 0.25) is 0 Å². The molecule has 6 heteroatoms. The SMILES string of the molecule is CCNC(=NCCCCN1CCCC1)NC(C)c1ccc(C)c(F)c1.I. The first-order valence-electron chi connectivity index (χ1n) is 9.63. The number of hydrogen-bond acceptors (Lipinski definition) is 2. The Morgan fingerprint density at radius 1 is 1.27 bits per heavy atom. The van der Waals surface area contributed by atoms with Gasteiger partial charge >= 0.3 is 0 Å². The van der Waals surface area contributed by atoms with E-state index in [9.17, 15) is 4.39 Å². The topological polar surface area (TPSA) is 39.7 Å². The maximum atomic E-state index is 13.8. The van der Waals surface area contributed by atoms with E-state index in [0.29, 0.717) is 5.56 Å². The number of nitrogens with one attached hydrogen (secondary N) is 2. The van der Waals surface area contributed by atoms with E-state index in [0.717, 1.165) is 31.0 Å². The number of aliphatic imine (C=N–C) groups is 1. The Bertz CT molecular complexity index is 559. The summed E-state index contributed by atoms with van der Waals surface area (Å²) in [5.41, 5.74) is 1.61. The summed E-state index contributed by atoms with van der Waals surface area (Å²) < 4.78 is 13.8. The van der Waals surface area contributed by atoms with Crippen LogP contribution >= 0.6 is 24.0 Å². The molecule has 1 heterocycles. The number of halogens is 2. The fourth-order valence-corrected chi connectivity index (χ4v) is 3.13. The van der Waals surface area contributed by atoms with Gasteiger partial charge in [-0.15, -0.1) is 24.0 Å². The number of aryl methyl sites for hydroxylation is 1. The van der Waals surface area contributed by atoms with Crippen LogP contribution in [0.3, 0.4) is 0 Å². The number of unbranched alkanes of at least 4 members (excludes halogenated alkanes) is 1. The number of hydrogen-bond donors (Lipinski definition) is 2. The lowest BCUT2D eigenvalue weighted by Crippen LogP contribution is -2.38. The van der Waals surface area contributed by atoms with E-state index in [1.807, 2.05) is 19.1 Å². The van der Waals surface area contributed by atoms with Crippen LogP contribution in [-0.2, 0) is 0 Å². The third kappa shape index (κ3) is 7.78. The summed E-state index contributed by atoms with van der Waals surface area (Å²) in [5, 5.41) is 6.65. The van der Waals surface area contributed by atoms with Crippen molar-refractivity contribution < 1.29 is 4.39 Å². The van der Waals surface area contributed by atoms with Gasteiger partial charge in [0.05, 0.1) is 6.04 Å². The van der Waals surface area contributed by atoms with Crippen molar-refractivity contribution >= 4 is 29.9 Å². The van der Waals surface area contributed by atoms with Gasteiger partial charge in [-0.3, -0.25) is 4.99 Å². The summed E-state index contributed by atoms with van der Waals surface area (Å²) in [6.45, 7) is 11.2.